The molecule has 4 heteroatoms. The van der Waals surface area contributed by atoms with E-state index in [-0.39, 0.29) is 12.1 Å². The predicted octanol–water partition coefficient (Wildman–Crippen LogP) is 1.80. The normalized spacial score (nSPS) is 18.5. The smallest absolute Gasteiger partial charge is 0.160 e. The number of hydrogen-bond donors (Lipinski definition) is 1. The van der Waals surface area contributed by atoms with Gasteiger partial charge < -0.3 is 14.6 Å². The zero-order chi connectivity index (χ0) is 12.3. The second-order valence-electron chi connectivity index (χ2n) is 4.34. The molecule has 0 aliphatic carbocycles. The monoisotopic (exact) mass is 240 g/mol. The quantitative estimate of drug-likeness (QED) is 0.872. The van der Waals surface area contributed by atoms with Crippen LogP contribution in [-0.2, 0) is 15.9 Å². The van der Waals surface area contributed by atoms with Crippen LogP contribution in [-0.4, -0.2) is 30.7 Å². The highest BCUT2D eigenvalue weighted by atomic mass is 19.1. The number of benzene rings is 1. The predicted molar refractivity (Wildman–Crippen MR) is 61.2 cm³/mol. The van der Waals surface area contributed by atoms with Crippen LogP contribution in [0.5, 0.6) is 0 Å². The highest BCUT2D eigenvalue weighted by Gasteiger charge is 2.20. The van der Waals surface area contributed by atoms with E-state index in [2.05, 4.69) is 0 Å². The topological polar surface area (TPSA) is 38.7 Å². The molecule has 1 N–H and O–H groups in total. The third-order valence-corrected chi connectivity index (χ3v) is 2.92. The first kappa shape index (κ1) is 12.5. The van der Waals surface area contributed by atoms with Gasteiger partial charge in [-0.3, -0.25) is 0 Å². The van der Waals surface area contributed by atoms with Gasteiger partial charge in [0, 0.05) is 6.42 Å². The Bertz CT molecular complexity index is 375. The number of rotatable bonds is 4. The first-order valence-electron chi connectivity index (χ1n) is 5.81. The third-order valence-electron chi connectivity index (χ3n) is 2.92. The molecule has 0 aromatic heterocycles. The maximum absolute atomic E-state index is 12.9. The summed E-state index contributed by atoms with van der Waals surface area (Å²) in [5.41, 5.74) is 1.81. The Morgan fingerprint density at radius 1 is 1.41 bits per heavy atom. The molecule has 0 spiro atoms. The number of aliphatic hydroxyl groups is 1. The molecule has 17 heavy (non-hydrogen) atoms. The first-order valence-corrected chi connectivity index (χ1v) is 5.81. The van der Waals surface area contributed by atoms with Crippen molar-refractivity contribution in [2.24, 2.45) is 0 Å². The Labute approximate surface area is 100 Å². The van der Waals surface area contributed by atoms with Crippen LogP contribution in [0.2, 0.25) is 0 Å². The fourth-order valence-electron chi connectivity index (χ4n) is 1.99. The van der Waals surface area contributed by atoms with Crippen LogP contribution in [0.25, 0.3) is 0 Å². The molecule has 0 bridgehead atoms. The molecular formula is C13H17FO3. The lowest BCUT2D eigenvalue weighted by atomic mass is 10.0. The van der Waals surface area contributed by atoms with Crippen molar-refractivity contribution in [3.05, 3.63) is 35.1 Å². The van der Waals surface area contributed by atoms with E-state index >= 15 is 0 Å². The molecule has 1 unspecified atom stereocenters. The molecule has 1 fully saturated rings. The maximum Gasteiger partial charge on any atom is 0.160 e. The molecule has 0 saturated carbocycles. The molecule has 1 heterocycles. The van der Waals surface area contributed by atoms with Crippen molar-refractivity contribution in [3.63, 3.8) is 0 Å². The van der Waals surface area contributed by atoms with Crippen LogP contribution in [0.1, 0.15) is 17.5 Å². The Balaban J connectivity index is 1.90. The number of hydrogen-bond acceptors (Lipinski definition) is 3. The van der Waals surface area contributed by atoms with Crippen LogP contribution in [0.15, 0.2) is 18.2 Å². The largest absolute Gasteiger partial charge is 0.393 e. The van der Waals surface area contributed by atoms with Crippen molar-refractivity contribution in [2.45, 2.75) is 32.2 Å². The van der Waals surface area contributed by atoms with E-state index in [0.29, 0.717) is 26.1 Å². The highest BCUT2D eigenvalue weighted by molar-refractivity contribution is 5.27. The SMILES string of the molecule is Cc1cc(F)ccc1CC(O)CC1OCCO1. The van der Waals surface area contributed by atoms with E-state index in [1.807, 2.05) is 6.92 Å². The summed E-state index contributed by atoms with van der Waals surface area (Å²) in [5, 5.41) is 9.90. The summed E-state index contributed by atoms with van der Waals surface area (Å²) in [7, 11) is 0. The highest BCUT2D eigenvalue weighted by Crippen LogP contribution is 2.16. The van der Waals surface area contributed by atoms with Crippen LogP contribution in [0.4, 0.5) is 4.39 Å². The summed E-state index contributed by atoms with van der Waals surface area (Å²) < 4.78 is 23.4. The summed E-state index contributed by atoms with van der Waals surface area (Å²) in [5.74, 6) is -0.247. The van der Waals surface area contributed by atoms with Gasteiger partial charge in [0.1, 0.15) is 5.82 Å². The van der Waals surface area contributed by atoms with Crippen LogP contribution in [0, 0.1) is 12.7 Å². The molecule has 1 aliphatic rings. The molecule has 94 valence electrons. The zero-order valence-electron chi connectivity index (χ0n) is 9.86. The standard InChI is InChI=1S/C13H17FO3/c1-9-6-11(14)3-2-10(9)7-12(15)8-13-16-4-5-17-13/h2-3,6,12-13,15H,4-5,7-8H2,1H3. The minimum Gasteiger partial charge on any atom is -0.393 e. The number of halogens is 1. The molecule has 1 aliphatic heterocycles. The molecule has 1 atom stereocenters. The second-order valence-corrected chi connectivity index (χ2v) is 4.34. The average Bonchev–Trinajstić information content (AvgIpc) is 2.75. The minimum atomic E-state index is -0.526. The van der Waals surface area contributed by atoms with Crippen molar-refractivity contribution in [2.75, 3.05) is 13.2 Å². The van der Waals surface area contributed by atoms with Crippen molar-refractivity contribution in [1.29, 1.82) is 0 Å². The lowest BCUT2D eigenvalue weighted by Gasteiger charge is -2.15. The average molecular weight is 240 g/mol. The molecular weight excluding hydrogens is 223 g/mol. The van der Waals surface area contributed by atoms with Gasteiger partial charge in [0.25, 0.3) is 0 Å². The third kappa shape index (κ3) is 3.49. The van der Waals surface area contributed by atoms with E-state index in [4.69, 9.17) is 9.47 Å². The van der Waals surface area contributed by atoms with Gasteiger partial charge in [-0.05, 0) is 36.6 Å². The first-order chi connectivity index (χ1) is 8.15. The zero-order valence-corrected chi connectivity index (χ0v) is 9.86. The van der Waals surface area contributed by atoms with E-state index in [1.165, 1.54) is 12.1 Å². The number of aliphatic hydroxyl groups excluding tert-OH is 1. The lowest BCUT2D eigenvalue weighted by molar-refractivity contribution is -0.0698. The van der Waals surface area contributed by atoms with Crippen LogP contribution >= 0.6 is 0 Å². The van der Waals surface area contributed by atoms with Crippen molar-refractivity contribution < 1.29 is 19.0 Å². The Hall–Kier alpha value is -0.970. The Morgan fingerprint density at radius 2 is 2.12 bits per heavy atom. The number of aryl methyl sites for hydroxylation is 1. The maximum atomic E-state index is 12.9. The number of ether oxygens (including phenoxy) is 2. The van der Waals surface area contributed by atoms with E-state index in [0.717, 1.165) is 11.1 Å². The van der Waals surface area contributed by atoms with Gasteiger partial charge >= 0.3 is 0 Å². The Kier molecular flexibility index (Phi) is 4.10. The van der Waals surface area contributed by atoms with Gasteiger partial charge in [-0.2, -0.15) is 0 Å². The fourth-order valence-corrected chi connectivity index (χ4v) is 1.99. The van der Waals surface area contributed by atoms with Gasteiger partial charge in [-0.15, -0.1) is 0 Å². The van der Waals surface area contributed by atoms with E-state index < -0.39 is 6.10 Å². The second kappa shape index (κ2) is 5.58. The van der Waals surface area contributed by atoms with E-state index in [1.54, 1.807) is 6.07 Å². The summed E-state index contributed by atoms with van der Waals surface area (Å²) in [6.45, 7) is 3.02. The van der Waals surface area contributed by atoms with Gasteiger partial charge in [-0.1, -0.05) is 6.07 Å². The summed E-state index contributed by atoms with van der Waals surface area (Å²) in [4.78, 5) is 0. The van der Waals surface area contributed by atoms with Gasteiger partial charge in [0.2, 0.25) is 0 Å². The van der Waals surface area contributed by atoms with Gasteiger partial charge in [-0.25, -0.2) is 4.39 Å². The van der Waals surface area contributed by atoms with Crippen LogP contribution < -0.4 is 0 Å². The molecule has 3 nitrogen and oxygen atoms in total. The molecule has 2 rings (SSSR count). The molecule has 0 amide bonds. The Morgan fingerprint density at radius 3 is 2.76 bits per heavy atom. The summed E-state index contributed by atoms with van der Waals surface area (Å²) in [6, 6.07) is 4.60. The van der Waals surface area contributed by atoms with Gasteiger partial charge in [0.15, 0.2) is 6.29 Å². The summed E-state index contributed by atoms with van der Waals surface area (Å²) in [6.07, 6.45) is 0.125. The van der Waals surface area contributed by atoms with E-state index in [9.17, 15) is 9.50 Å². The van der Waals surface area contributed by atoms with Crippen LogP contribution in [0.3, 0.4) is 0 Å². The molecule has 1 aromatic carbocycles. The van der Waals surface area contributed by atoms with Crippen molar-refractivity contribution in [3.8, 4) is 0 Å². The fraction of sp³-hybridized carbons (Fsp3) is 0.538. The molecule has 1 aromatic rings. The van der Waals surface area contributed by atoms with Crippen molar-refractivity contribution >= 4 is 0 Å². The molecule has 1 saturated heterocycles. The summed E-state index contributed by atoms with van der Waals surface area (Å²) >= 11 is 0. The molecule has 0 radical (unpaired) electrons. The minimum absolute atomic E-state index is 0.247. The van der Waals surface area contributed by atoms with Gasteiger partial charge in [0.05, 0.1) is 19.3 Å². The lowest BCUT2D eigenvalue weighted by Crippen LogP contribution is -2.20. The van der Waals surface area contributed by atoms with Crippen molar-refractivity contribution in [1.82, 2.24) is 0 Å².